The molecule has 0 amide bonds. The molecule has 2 aliphatic carbocycles. The molecule has 6 heteroatoms. The van der Waals surface area contributed by atoms with Crippen LogP contribution in [0.3, 0.4) is 0 Å². The van der Waals surface area contributed by atoms with Crippen molar-refractivity contribution in [2.75, 3.05) is 0 Å². The summed E-state index contributed by atoms with van der Waals surface area (Å²) in [5.41, 5.74) is 0.466. The molecule has 3 rings (SSSR count). The fourth-order valence-corrected chi connectivity index (χ4v) is 4.94. The van der Waals surface area contributed by atoms with Gasteiger partial charge < -0.3 is 15.3 Å². The van der Waals surface area contributed by atoms with Crippen molar-refractivity contribution in [1.82, 2.24) is 0 Å². The van der Waals surface area contributed by atoms with Crippen molar-refractivity contribution in [3.05, 3.63) is 33.9 Å². The van der Waals surface area contributed by atoms with Gasteiger partial charge in [-0.25, -0.2) is 14.4 Å². The minimum absolute atomic E-state index is 0.0114. The largest absolute Gasteiger partial charge is 0.478 e. The lowest BCUT2D eigenvalue weighted by molar-refractivity contribution is 0.0646. The van der Waals surface area contributed by atoms with E-state index in [4.69, 9.17) is 0 Å². The normalized spacial score (nSPS) is 19.0. The lowest BCUT2D eigenvalue weighted by atomic mass is 9.71. The summed E-state index contributed by atoms with van der Waals surface area (Å²) in [7, 11) is 0. The molecule has 0 spiro atoms. The zero-order valence-electron chi connectivity index (χ0n) is 15.4. The van der Waals surface area contributed by atoms with Crippen LogP contribution in [0.1, 0.15) is 118 Å². The van der Waals surface area contributed by atoms with Crippen molar-refractivity contribution in [2.45, 2.75) is 76.0 Å². The predicted molar refractivity (Wildman–Crippen MR) is 99.0 cm³/mol. The van der Waals surface area contributed by atoms with Crippen LogP contribution in [0, 0.1) is 0 Å². The molecule has 0 unspecified atom stereocenters. The van der Waals surface area contributed by atoms with Crippen LogP contribution < -0.4 is 0 Å². The zero-order valence-corrected chi connectivity index (χ0v) is 15.4. The third-order valence-electron chi connectivity index (χ3n) is 6.11. The number of hydrogen-bond acceptors (Lipinski definition) is 3. The maximum atomic E-state index is 12.1. The van der Waals surface area contributed by atoms with Gasteiger partial charge in [0.1, 0.15) is 0 Å². The number of carboxylic acids is 3. The summed E-state index contributed by atoms with van der Waals surface area (Å²) in [6.07, 6.45) is 9.24. The monoisotopic (exact) mass is 374 g/mol. The van der Waals surface area contributed by atoms with Crippen molar-refractivity contribution in [3.63, 3.8) is 0 Å². The molecule has 0 aromatic heterocycles. The molecule has 0 aliphatic heterocycles. The Bertz CT molecular complexity index is 754. The Hall–Kier alpha value is -2.37. The number of hydrogen-bond donors (Lipinski definition) is 3. The average Bonchev–Trinajstić information content (AvgIpc) is 2.67. The number of carbonyl (C=O) groups is 3. The molecule has 146 valence electrons. The van der Waals surface area contributed by atoms with Crippen LogP contribution in [0.25, 0.3) is 0 Å². The van der Waals surface area contributed by atoms with Crippen LogP contribution in [0.2, 0.25) is 0 Å². The summed E-state index contributed by atoms with van der Waals surface area (Å²) in [5.74, 6) is -3.93. The van der Waals surface area contributed by atoms with E-state index in [1.54, 1.807) is 0 Å². The van der Waals surface area contributed by atoms with Gasteiger partial charge in [-0.2, -0.15) is 0 Å². The molecule has 1 aromatic carbocycles. The van der Waals surface area contributed by atoms with Crippen LogP contribution >= 0.6 is 0 Å². The molecule has 27 heavy (non-hydrogen) atoms. The van der Waals surface area contributed by atoms with E-state index in [2.05, 4.69) is 0 Å². The van der Waals surface area contributed by atoms with Gasteiger partial charge in [0.25, 0.3) is 0 Å². The van der Waals surface area contributed by atoms with E-state index in [1.807, 2.05) is 0 Å². The summed E-state index contributed by atoms with van der Waals surface area (Å²) in [6, 6.07) is 1.07. The lowest BCUT2D eigenvalue weighted by Crippen LogP contribution is -2.23. The van der Waals surface area contributed by atoms with Gasteiger partial charge in [-0.15, -0.1) is 0 Å². The van der Waals surface area contributed by atoms with Crippen molar-refractivity contribution in [2.24, 2.45) is 0 Å². The highest BCUT2D eigenvalue weighted by Gasteiger charge is 2.35. The molecule has 0 atom stereocenters. The molecular weight excluding hydrogens is 348 g/mol. The van der Waals surface area contributed by atoms with E-state index >= 15 is 0 Å². The Kier molecular flexibility index (Phi) is 5.82. The van der Waals surface area contributed by atoms with Crippen molar-refractivity contribution in [1.29, 1.82) is 0 Å². The van der Waals surface area contributed by atoms with E-state index in [0.717, 1.165) is 70.3 Å². The van der Waals surface area contributed by atoms with Crippen molar-refractivity contribution >= 4 is 17.9 Å². The Morgan fingerprint density at radius 2 is 1.07 bits per heavy atom. The Labute approximate surface area is 158 Å². The predicted octanol–water partition coefficient (Wildman–Crippen LogP) is 4.88. The molecule has 6 nitrogen and oxygen atoms in total. The van der Waals surface area contributed by atoms with Gasteiger partial charge in [0.05, 0.1) is 16.7 Å². The zero-order chi connectivity index (χ0) is 19.6. The van der Waals surface area contributed by atoms with Crippen LogP contribution in [0.15, 0.2) is 6.07 Å². The topological polar surface area (TPSA) is 112 Å². The number of benzene rings is 1. The Morgan fingerprint density at radius 3 is 1.48 bits per heavy atom. The average molecular weight is 374 g/mol. The van der Waals surface area contributed by atoms with Crippen molar-refractivity contribution < 1.29 is 29.7 Å². The first kappa shape index (κ1) is 19.4. The van der Waals surface area contributed by atoms with Crippen LogP contribution in [-0.2, 0) is 0 Å². The van der Waals surface area contributed by atoms with Gasteiger partial charge in [-0.3, -0.25) is 0 Å². The second kappa shape index (κ2) is 8.11. The van der Waals surface area contributed by atoms with E-state index < -0.39 is 23.5 Å². The maximum absolute atomic E-state index is 12.1. The van der Waals surface area contributed by atoms with Gasteiger partial charge >= 0.3 is 17.9 Å². The third kappa shape index (κ3) is 3.84. The second-order valence-corrected chi connectivity index (χ2v) is 7.76. The Balaban J connectivity index is 2.32. The summed E-state index contributed by atoms with van der Waals surface area (Å²) in [5, 5.41) is 29.3. The van der Waals surface area contributed by atoms with Gasteiger partial charge in [0.2, 0.25) is 0 Å². The van der Waals surface area contributed by atoms with E-state index in [0.29, 0.717) is 11.1 Å². The number of rotatable bonds is 5. The quantitative estimate of drug-likeness (QED) is 0.677. The van der Waals surface area contributed by atoms with Crippen LogP contribution in [0.5, 0.6) is 0 Å². The molecule has 1 aromatic rings. The fourth-order valence-electron chi connectivity index (χ4n) is 4.94. The van der Waals surface area contributed by atoms with Gasteiger partial charge in [0.15, 0.2) is 0 Å². The molecule has 2 saturated carbocycles. The molecule has 2 fully saturated rings. The highest BCUT2D eigenvalue weighted by Crippen LogP contribution is 2.45. The van der Waals surface area contributed by atoms with E-state index in [1.165, 1.54) is 0 Å². The number of aromatic carboxylic acids is 3. The highest BCUT2D eigenvalue weighted by molar-refractivity contribution is 6.06. The molecule has 3 N–H and O–H groups in total. The first-order valence-electron chi connectivity index (χ1n) is 9.82. The number of carboxylic acid groups (broad SMARTS) is 3. The molecule has 0 radical (unpaired) electrons. The minimum atomic E-state index is -1.39. The van der Waals surface area contributed by atoms with Gasteiger partial charge in [-0.1, -0.05) is 38.5 Å². The lowest BCUT2D eigenvalue weighted by Gasteiger charge is -2.32. The van der Waals surface area contributed by atoms with Crippen LogP contribution in [-0.4, -0.2) is 33.2 Å². The first-order chi connectivity index (χ1) is 12.9. The van der Waals surface area contributed by atoms with Crippen LogP contribution in [0.4, 0.5) is 0 Å². The van der Waals surface area contributed by atoms with Gasteiger partial charge in [-0.05, 0) is 54.7 Å². The van der Waals surface area contributed by atoms with E-state index in [-0.39, 0.29) is 23.0 Å². The third-order valence-corrected chi connectivity index (χ3v) is 6.11. The van der Waals surface area contributed by atoms with E-state index in [9.17, 15) is 29.7 Å². The second-order valence-electron chi connectivity index (χ2n) is 7.76. The SMILES string of the molecule is O=C(O)c1cc(C(=O)O)c(C2CCCCC2)c(C2CCCCC2)c1C(=O)O. The smallest absolute Gasteiger partial charge is 0.336 e. The molecule has 0 heterocycles. The highest BCUT2D eigenvalue weighted by atomic mass is 16.4. The first-order valence-corrected chi connectivity index (χ1v) is 9.82. The van der Waals surface area contributed by atoms with Crippen molar-refractivity contribution in [3.8, 4) is 0 Å². The standard InChI is InChI=1S/C21H26O6/c22-19(23)14-11-15(20(24)25)18(21(26)27)17(13-9-5-2-6-10-13)16(14)12-7-3-1-4-8-12/h11-13H,1-10H2,(H,22,23)(H,24,25)(H,26,27). The fraction of sp³-hybridized carbons (Fsp3) is 0.571. The summed E-state index contributed by atoms with van der Waals surface area (Å²) in [6.45, 7) is 0. The molecule has 2 aliphatic rings. The molecule has 0 bridgehead atoms. The molecule has 0 saturated heterocycles. The van der Waals surface area contributed by atoms with Gasteiger partial charge in [0, 0.05) is 0 Å². The maximum Gasteiger partial charge on any atom is 0.336 e. The molecular formula is C21H26O6. The summed E-state index contributed by atoms with van der Waals surface area (Å²) >= 11 is 0. The summed E-state index contributed by atoms with van der Waals surface area (Å²) in [4.78, 5) is 35.9. The minimum Gasteiger partial charge on any atom is -0.478 e. The Morgan fingerprint density at radius 1 is 0.630 bits per heavy atom. The summed E-state index contributed by atoms with van der Waals surface area (Å²) < 4.78 is 0.